The van der Waals surface area contributed by atoms with E-state index in [1.165, 1.54) is 0 Å². The highest BCUT2D eigenvalue weighted by Crippen LogP contribution is 2.27. The molecule has 1 heterocycles. The lowest BCUT2D eigenvalue weighted by Gasteiger charge is -2.05. The third-order valence-corrected chi connectivity index (χ3v) is 3.36. The molecule has 0 saturated carbocycles. The fourth-order valence-electron chi connectivity index (χ4n) is 1.99. The number of fused-ring (bicyclic) bond motifs is 1. The van der Waals surface area contributed by atoms with Gasteiger partial charge in [0.05, 0.1) is 22.8 Å². The average Bonchev–Trinajstić information content (AvgIpc) is 2.46. The van der Waals surface area contributed by atoms with Crippen molar-refractivity contribution in [2.45, 2.75) is 0 Å². The zero-order valence-corrected chi connectivity index (χ0v) is 11.4. The molecule has 90 valence electrons. The van der Waals surface area contributed by atoms with Crippen LogP contribution in [0, 0.1) is 11.3 Å². The highest BCUT2D eigenvalue weighted by molar-refractivity contribution is 9.10. The summed E-state index contributed by atoms with van der Waals surface area (Å²) >= 11 is 3.46. The van der Waals surface area contributed by atoms with Crippen LogP contribution in [0.15, 0.2) is 53.3 Å². The number of nitriles is 1. The van der Waals surface area contributed by atoms with Gasteiger partial charge in [-0.15, -0.1) is 0 Å². The Hall–Kier alpha value is -2.25. The van der Waals surface area contributed by atoms with Gasteiger partial charge >= 0.3 is 0 Å². The summed E-state index contributed by atoms with van der Waals surface area (Å²) in [6.07, 6.45) is 1.55. The molecule has 0 unspecified atom stereocenters. The fraction of sp³-hybridized carbons (Fsp3) is 0. The molecule has 2 aromatic carbocycles. The first-order chi connectivity index (χ1) is 9.28. The number of benzene rings is 2. The molecule has 0 aliphatic heterocycles. The summed E-state index contributed by atoms with van der Waals surface area (Å²) in [6.45, 7) is 0. The molecule has 0 amide bonds. The molecule has 1 aromatic heterocycles. The minimum Gasteiger partial charge on any atom is -0.236 e. The lowest BCUT2D eigenvalue weighted by atomic mass is 10.0. The zero-order chi connectivity index (χ0) is 13.2. The van der Waals surface area contributed by atoms with E-state index >= 15 is 0 Å². The lowest BCUT2D eigenvalue weighted by Crippen LogP contribution is -1.89. The summed E-state index contributed by atoms with van der Waals surface area (Å²) < 4.78 is 0.979. The van der Waals surface area contributed by atoms with Crippen molar-refractivity contribution in [3.63, 3.8) is 0 Å². The number of hydrogen-bond acceptors (Lipinski definition) is 3. The Morgan fingerprint density at radius 3 is 2.79 bits per heavy atom. The van der Waals surface area contributed by atoms with Gasteiger partial charge in [0, 0.05) is 15.4 Å². The molecule has 0 aliphatic carbocycles. The standard InChI is InChI=1S/C15H8BrN3/c16-12-4-5-14-13(7-12)15(19-9-18-14)11-3-1-2-10(6-11)8-17/h1-7,9H. The van der Waals surface area contributed by atoms with Crippen LogP contribution in [0.1, 0.15) is 5.56 Å². The van der Waals surface area contributed by atoms with Crippen molar-refractivity contribution in [1.29, 1.82) is 5.26 Å². The van der Waals surface area contributed by atoms with Crippen molar-refractivity contribution in [3.05, 3.63) is 58.8 Å². The van der Waals surface area contributed by atoms with E-state index in [0.29, 0.717) is 5.56 Å². The SMILES string of the molecule is N#Cc1cccc(-c2ncnc3ccc(Br)cc23)c1. The van der Waals surface area contributed by atoms with Gasteiger partial charge in [0.1, 0.15) is 6.33 Å². The molecular weight excluding hydrogens is 302 g/mol. The summed E-state index contributed by atoms with van der Waals surface area (Å²) in [4.78, 5) is 8.61. The van der Waals surface area contributed by atoms with Crippen molar-refractivity contribution in [2.75, 3.05) is 0 Å². The lowest BCUT2D eigenvalue weighted by molar-refractivity contribution is 1.22. The molecule has 19 heavy (non-hydrogen) atoms. The number of halogens is 1. The van der Waals surface area contributed by atoms with Crippen LogP contribution < -0.4 is 0 Å². The van der Waals surface area contributed by atoms with Crippen LogP contribution >= 0.6 is 15.9 Å². The Morgan fingerprint density at radius 1 is 1.05 bits per heavy atom. The molecule has 3 aromatic rings. The van der Waals surface area contributed by atoms with Gasteiger partial charge in [-0.25, -0.2) is 9.97 Å². The maximum Gasteiger partial charge on any atom is 0.116 e. The second-order valence-corrected chi connectivity index (χ2v) is 4.99. The molecule has 4 heteroatoms. The topological polar surface area (TPSA) is 49.6 Å². The van der Waals surface area contributed by atoms with E-state index in [-0.39, 0.29) is 0 Å². The van der Waals surface area contributed by atoms with Gasteiger partial charge < -0.3 is 0 Å². The minimum atomic E-state index is 0.624. The normalized spacial score (nSPS) is 10.3. The first-order valence-electron chi connectivity index (χ1n) is 5.69. The Kier molecular flexibility index (Phi) is 2.98. The predicted octanol–water partition coefficient (Wildman–Crippen LogP) is 3.93. The number of hydrogen-bond donors (Lipinski definition) is 0. The molecule has 3 nitrogen and oxygen atoms in total. The van der Waals surface area contributed by atoms with Crippen molar-refractivity contribution >= 4 is 26.8 Å². The smallest absolute Gasteiger partial charge is 0.116 e. The molecule has 0 fully saturated rings. The first-order valence-corrected chi connectivity index (χ1v) is 6.48. The van der Waals surface area contributed by atoms with Crippen LogP contribution in [0.4, 0.5) is 0 Å². The van der Waals surface area contributed by atoms with E-state index in [4.69, 9.17) is 5.26 Å². The minimum absolute atomic E-state index is 0.624. The van der Waals surface area contributed by atoms with Gasteiger partial charge in [0.2, 0.25) is 0 Å². The summed E-state index contributed by atoms with van der Waals surface area (Å²) in [5.74, 6) is 0. The van der Waals surface area contributed by atoms with Gasteiger partial charge in [-0.05, 0) is 30.3 Å². The van der Waals surface area contributed by atoms with Crippen LogP contribution in [0.25, 0.3) is 22.2 Å². The summed E-state index contributed by atoms with van der Waals surface area (Å²) in [5.41, 5.74) is 3.27. The first kappa shape index (κ1) is 11.8. The molecule has 3 rings (SSSR count). The summed E-state index contributed by atoms with van der Waals surface area (Å²) in [5, 5.41) is 9.94. The molecule has 0 aliphatic rings. The highest BCUT2D eigenvalue weighted by Gasteiger charge is 2.07. The van der Waals surface area contributed by atoms with Crippen LogP contribution in [0.2, 0.25) is 0 Å². The van der Waals surface area contributed by atoms with E-state index in [2.05, 4.69) is 32.0 Å². The number of aromatic nitrogens is 2. The summed E-state index contributed by atoms with van der Waals surface area (Å²) in [7, 11) is 0. The Morgan fingerprint density at radius 2 is 1.95 bits per heavy atom. The monoisotopic (exact) mass is 309 g/mol. The van der Waals surface area contributed by atoms with Gasteiger partial charge in [-0.2, -0.15) is 5.26 Å². The quantitative estimate of drug-likeness (QED) is 0.684. The molecular formula is C15H8BrN3. The third-order valence-electron chi connectivity index (χ3n) is 2.86. The van der Waals surface area contributed by atoms with Crippen molar-refractivity contribution in [3.8, 4) is 17.3 Å². The Balaban J connectivity index is 2.30. The predicted molar refractivity (Wildman–Crippen MR) is 77.4 cm³/mol. The van der Waals surface area contributed by atoms with Crippen molar-refractivity contribution < 1.29 is 0 Å². The second kappa shape index (κ2) is 4.79. The van der Waals surface area contributed by atoms with E-state index in [9.17, 15) is 0 Å². The number of nitrogens with zero attached hydrogens (tertiary/aromatic N) is 3. The Labute approximate surface area is 118 Å². The van der Waals surface area contributed by atoms with Crippen LogP contribution in [0.3, 0.4) is 0 Å². The van der Waals surface area contributed by atoms with Gasteiger partial charge in [0.25, 0.3) is 0 Å². The highest BCUT2D eigenvalue weighted by atomic mass is 79.9. The van der Waals surface area contributed by atoms with E-state index in [1.54, 1.807) is 12.4 Å². The second-order valence-electron chi connectivity index (χ2n) is 4.08. The maximum absolute atomic E-state index is 8.98. The van der Waals surface area contributed by atoms with Crippen molar-refractivity contribution in [2.24, 2.45) is 0 Å². The van der Waals surface area contributed by atoms with Crippen LogP contribution in [-0.2, 0) is 0 Å². The molecule has 0 saturated heterocycles. The van der Waals surface area contributed by atoms with Crippen molar-refractivity contribution in [1.82, 2.24) is 9.97 Å². The molecule has 0 spiro atoms. The number of rotatable bonds is 1. The third kappa shape index (κ3) is 2.20. The van der Waals surface area contributed by atoms with Gasteiger partial charge in [-0.3, -0.25) is 0 Å². The van der Waals surface area contributed by atoms with E-state index in [1.807, 2.05) is 36.4 Å². The largest absolute Gasteiger partial charge is 0.236 e. The van der Waals surface area contributed by atoms with Gasteiger partial charge in [0.15, 0.2) is 0 Å². The molecule has 0 N–H and O–H groups in total. The molecule has 0 atom stereocenters. The van der Waals surface area contributed by atoms with Crippen LogP contribution in [0.5, 0.6) is 0 Å². The molecule has 0 radical (unpaired) electrons. The molecule has 0 bridgehead atoms. The Bertz CT molecular complexity index is 806. The summed E-state index contributed by atoms with van der Waals surface area (Å²) in [6, 6.07) is 15.5. The fourth-order valence-corrected chi connectivity index (χ4v) is 2.36. The van der Waals surface area contributed by atoms with E-state index < -0.39 is 0 Å². The van der Waals surface area contributed by atoms with Crippen LogP contribution in [-0.4, -0.2) is 9.97 Å². The maximum atomic E-state index is 8.98. The average molecular weight is 310 g/mol. The van der Waals surface area contributed by atoms with Gasteiger partial charge in [-0.1, -0.05) is 28.1 Å². The van der Waals surface area contributed by atoms with E-state index in [0.717, 1.165) is 26.6 Å². The zero-order valence-electron chi connectivity index (χ0n) is 9.84.